The van der Waals surface area contributed by atoms with Crippen molar-refractivity contribution in [2.75, 3.05) is 20.2 Å². The molecule has 9 nitrogen and oxygen atoms in total. The summed E-state index contributed by atoms with van der Waals surface area (Å²) in [6, 6.07) is 18.5. The second kappa shape index (κ2) is 14.5. The molecule has 2 N–H and O–H groups in total. The van der Waals surface area contributed by atoms with Crippen molar-refractivity contribution in [3.8, 4) is 17.2 Å². The number of hydrogen-bond donors (Lipinski definition) is 1. The Morgan fingerprint density at radius 2 is 1.90 bits per heavy atom. The van der Waals surface area contributed by atoms with Gasteiger partial charge in [-0.1, -0.05) is 56.3 Å². The van der Waals surface area contributed by atoms with E-state index in [0.29, 0.717) is 66.4 Å². The molecule has 0 radical (unpaired) electrons. The van der Waals surface area contributed by atoms with E-state index in [-0.39, 0.29) is 11.4 Å². The first kappa shape index (κ1) is 30.6. The zero-order valence-electron chi connectivity index (χ0n) is 23.8. The van der Waals surface area contributed by atoms with Crippen molar-refractivity contribution in [3.63, 3.8) is 0 Å². The van der Waals surface area contributed by atoms with Gasteiger partial charge < -0.3 is 18.9 Å². The third kappa shape index (κ3) is 7.68. The van der Waals surface area contributed by atoms with Crippen LogP contribution in [0.5, 0.6) is 17.2 Å². The maximum Gasteiger partial charge on any atom is 0.315 e. The van der Waals surface area contributed by atoms with Crippen molar-refractivity contribution in [1.82, 2.24) is 4.90 Å². The lowest BCUT2D eigenvalue weighted by atomic mass is 10.0. The molecule has 0 aliphatic carbocycles. The molecule has 1 aliphatic rings. The zero-order chi connectivity index (χ0) is 29.4. The van der Waals surface area contributed by atoms with Crippen LogP contribution in [0, 0.1) is 10.1 Å². The van der Waals surface area contributed by atoms with Gasteiger partial charge in [0.05, 0.1) is 23.7 Å². The quantitative estimate of drug-likeness (QED) is 0.0924. The van der Waals surface area contributed by atoms with Crippen LogP contribution >= 0.6 is 8.30 Å². The molecule has 2 atom stereocenters. The monoisotopic (exact) mass is 579 g/mol. The Labute approximate surface area is 242 Å². The number of nitrogens with two attached hydrogens (primary N) is 1. The zero-order valence-corrected chi connectivity index (χ0v) is 24.7. The van der Waals surface area contributed by atoms with Gasteiger partial charge in [-0.2, -0.15) is 0 Å². The summed E-state index contributed by atoms with van der Waals surface area (Å²) in [5, 5.41) is 12.1. The van der Waals surface area contributed by atoms with Crippen molar-refractivity contribution >= 4 is 20.3 Å². The summed E-state index contributed by atoms with van der Waals surface area (Å²) < 4.78 is 18.3. The van der Waals surface area contributed by atoms with Gasteiger partial charge in [-0.15, -0.1) is 0 Å². The molecule has 2 unspecified atom stereocenters. The first-order valence-corrected chi connectivity index (χ1v) is 15.5. The Balaban J connectivity index is 1.63. The number of rotatable bonds is 14. The van der Waals surface area contributed by atoms with Gasteiger partial charge in [0.25, 0.3) is 0 Å². The van der Waals surface area contributed by atoms with Crippen LogP contribution in [-0.2, 0) is 17.1 Å². The van der Waals surface area contributed by atoms with E-state index in [4.69, 9.17) is 19.5 Å². The van der Waals surface area contributed by atoms with Crippen LogP contribution in [0.25, 0.3) is 0 Å². The van der Waals surface area contributed by atoms with Crippen LogP contribution in [0.15, 0.2) is 60.7 Å². The molecule has 218 valence electrons. The third-order valence-corrected chi connectivity index (χ3v) is 8.72. The molecule has 0 saturated carbocycles. The van der Waals surface area contributed by atoms with E-state index in [1.807, 2.05) is 30.3 Å². The van der Waals surface area contributed by atoms with Crippen LogP contribution in [-0.4, -0.2) is 42.4 Å². The Morgan fingerprint density at radius 3 is 2.59 bits per heavy atom. The van der Waals surface area contributed by atoms with Gasteiger partial charge in [-0.3, -0.25) is 20.4 Å². The highest BCUT2D eigenvalue weighted by molar-refractivity contribution is 7.49. The van der Waals surface area contributed by atoms with Gasteiger partial charge in [0.15, 0.2) is 0 Å². The van der Waals surface area contributed by atoms with Crippen molar-refractivity contribution in [1.29, 1.82) is 0 Å². The van der Waals surface area contributed by atoms with Crippen LogP contribution in [0.3, 0.4) is 0 Å². The average molecular weight is 580 g/mol. The van der Waals surface area contributed by atoms with Crippen molar-refractivity contribution in [2.24, 2.45) is 5.50 Å². The molecular weight excluding hydrogens is 541 g/mol. The topological polar surface area (TPSA) is 117 Å². The van der Waals surface area contributed by atoms with E-state index in [2.05, 4.69) is 25.8 Å². The van der Waals surface area contributed by atoms with Crippen molar-refractivity contribution < 1.29 is 23.7 Å². The molecule has 0 saturated heterocycles. The van der Waals surface area contributed by atoms with Gasteiger partial charge in [-0.25, -0.2) is 0 Å². The summed E-state index contributed by atoms with van der Waals surface area (Å²) in [7, 11) is 0.782. The van der Waals surface area contributed by atoms with E-state index in [1.165, 1.54) is 6.07 Å². The number of likely N-dealkylation sites (N-methyl/N-ethyl adjacent to an activating group) is 1. The fraction of sp³-hybridized carbons (Fsp3) is 0.387. The van der Waals surface area contributed by atoms with E-state index < -0.39 is 19.3 Å². The van der Waals surface area contributed by atoms with Crippen LogP contribution in [0.1, 0.15) is 66.3 Å². The smallest absolute Gasteiger partial charge is 0.315 e. The Kier molecular flexibility index (Phi) is 10.8. The van der Waals surface area contributed by atoms with Crippen molar-refractivity contribution in [3.05, 3.63) is 93.0 Å². The summed E-state index contributed by atoms with van der Waals surface area (Å²) in [5.41, 5.74) is 9.14. The third-order valence-electron chi connectivity index (χ3n) is 7.51. The Bertz CT molecular complexity index is 1330. The molecule has 10 heteroatoms. The number of aldehydes is 1. The lowest BCUT2D eigenvalue weighted by molar-refractivity contribution is -0.385. The number of fused-ring (bicyclic) bond motifs is 1. The lowest BCUT2D eigenvalue weighted by Crippen LogP contribution is -2.32. The predicted octanol–water partition coefficient (Wildman–Crippen LogP) is 7.17. The van der Waals surface area contributed by atoms with Gasteiger partial charge in [0.2, 0.25) is 5.75 Å². The minimum absolute atomic E-state index is 0.0647. The van der Waals surface area contributed by atoms with Crippen molar-refractivity contribution in [2.45, 2.75) is 57.8 Å². The average Bonchev–Trinajstić information content (AvgIpc) is 2.97. The number of carbonyl (C=O) groups is 1. The van der Waals surface area contributed by atoms with Gasteiger partial charge >= 0.3 is 5.69 Å². The number of carbonyl (C=O) groups excluding carboxylic acids is 1. The summed E-state index contributed by atoms with van der Waals surface area (Å²) >= 11 is 0. The van der Waals surface area contributed by atoms with E-state index in [1.54, 1.807) is 24.3 Å². The number of nitro benzene ring substituents is 1. The highest BCUT2D eigenvalue weighted by atomic mass is 31.2. The number of benzene rings is 3. The molecular formula is C31H38N3O6P. The molecule has 0 aromatic heterocycles. The maximum absolute atomic E-state index is 12.1. The minimum atomic E-state index is -1.29. The molecule has 1 heterocycles. The van der Waals surface area contributed by atoms with E-state index in [9.17, 15) is 14.9 Å². The first-order chi connectivity index (χ1) is 19.8. The van der Waals surface area contributed by atoms with Crippen LogP contribution < -0.4 is 15.0 Å². The second-order valence-corrected chi connectivity index (χ2v) is 11.5. The Morgan fingerprint density at radius 1 is 1.15 bits per heavy atom. The number of hydrogen-bond acceptors (Lipinski definition) is 8. The largest absolute Gasteiger partial charge is 0.493 e. The molecule has 1 aliphatic heterocycles. The summed E-state index contributed by atoms with van der Waals surface area (Å²) in [6.07, 6.45) is 4.16. The summed E-state index contributed by atoms with van der Waals surface area (Å²) in [5.74, 6) is 0.863. The normalized spacial score (nSPS) is 15.3. The molecule has 41 heavy (non-hydrogen) atoms. The van der Waals surface area contributed by atoms with E-state index in [0.717, 1.165) is 24.7 Å². The standard InChI is InChI=1S/C31H38N3O6P/c1-4-24(5-2)33(3)16-14-25-23(20-35)12-9-13-28(25)39-31-18-26-29(15-17-38-30(26)19-27(31)34(36)37)40-41(32)21-22-10-7-6-8-11-22/h6-13,18-20,24,29H,4-5,14-17,21,32H2,1-3H3. The van der Waals surface area contributed by atoms with Gasteiger partial charge in [0, 0.05) is 41.9 Å². The lowest BCUT2D eigenvalue weighted by Gasteiger charge is -2.28. The SMILES string of the molecule is CCC(CC)N(C)CCc1c(C=O)cccc1Oc1cc2c(cc1[N+](=O)[O-])OCCC2OP(N)Cc1ccccc1. The summed E-state index contributed by atoms with van der Waals surface area (Å²) in [4.78, 5) is 25.8. The van der Waals surface area contributed by atoms with Crippen LogP contribution in [0.4, 0.5) is 5.69 Å². The molecule has 0 spiro atoms. The molecule has 0 bridgehead atoms. The predicted molar refractivity (Wildman–Crippen MR) is 161 cm³/mol. The highest BCUT2D eigenvalue weighted by Crippen LogP contribution is 2.48. The highest BCUT2D eigenvalue weighted by Gasteiger charge is 2.30. The Hall–Kier alpha value is -3.36. The second-order valence-electron chi connectivity index (χ2n) is 10.2. The molecule has 0 fully saturated rings. The molecule has 4 rings (SSSR count). The number of nitro groups is 1. The molecule has 3 aromatic carbocycles. The van der Waals surface area contributed by atoms with E-state index >= 15 is 0 Å². The van der Waals surface area contributed by atoms with Crippen LogP contribution in [0.2, 0.25) is 0 Å². The number of nitrogens with zero attached hydrogens (tertiary/aromatic N) is 2. The van der Waals surface area contributed by atoms with Gasteiger partial charge in [-0.05, 0) is 44.0 Å². The van der Waals surface area contributed by atoms with Gasteiger partial charge in [0.1, 0.15) is 26.1 Å². The summed E-state index contributed by atoms with van der Waals surface area (Å²) in [6.45, 7) is 5.39. The maximum atomic E-state index is 12.1. The first-order valence-electron chi connectivity index (χ1n) is 14.0. The fourth-order valence-electron chi connectivity index (χ4n) is 5.23. The number of ether oxygens (including phenoxy) is 2. The molecule has 0 amide bonds. The molecule has 3 aromatic rings. The minimum Gasteiger partial charge on any atom is -0.493 e. The fourth-order valence-corrected chi connectivity index (χ4v) is 6.42.